The highest BCUT2D eigenvalue weighted by Crippen LogP contribution is 2.41. The van der Waals surface area contributed by atoms with E-state index in [0.29, 0.717) is 19.3 Å². The van der Waals surface area contributed by atoms with E-state index in [1.54, 1.807) is 4.90 Å². The Morgan fingerprint density at radius 1 is 1.25 bits per heavy atom. The average molecular weight is 395 g/mol. The Morgan fingerprint density at radius 2 is 1.93 bits per heavy atom. The molecule has 1 aromatic rings. The Labute approximate surface area is 163 Å². The van der Waals surface area contributed by atoms with Crippen molar-refractivity contribution in [1.29, 1.82) is 0 Å². The normalized spacial score (nSPS) is 25.5. The van der Waals surface area contributed by atoms with Gasteiger partial charge >= 0.3 is 6.18 Å². The van der Waals surface area contributed by atoms with E-state index in [1.165, 1.54) is 5.57 Å². The van der Waals surface area contributed by atoms with Crippen LogP contribution in [0.5, 0.6) is 0 Å². The Bertz CT molecular complexity index is 750. The van der Waals surface area contributed by atoms with Gasteiger partial charge in [-0.2, -0.15) is 13.2 Å². The number of alkyl halides is 3. The number of hydrogen-bond acceptors (Lipinski definition) is 3. The maximum absolute atomic E-state index is 12.9. The predicted molar refractivity (Wildman–Crippen MR) is 99.4 cm³/mol. The van der Waals surface area contributed by atoms with Gasteiger partial charge in [-0.05, 0) is 38.8 Å². The second-order valence-corrected chi connectivity index (χ2v) is 8.44. The van der Waals surface area contributed by atoms with E-state index in [2.05, 4.69) is 24.4 Å². The molecular weight excluding hydrogens is 369 g/mol. The summed E-state index contributed by atoms with van der Waals surface area (Å²) >= 11 is 0. The van der Waals surface area contributed by atoms with Gasteiger partial charge < -0.3 is 9.64 Å². The summed E-state index contributed by atoms with van der Waals surface area (Å²) in [6.07, 6.45) is 1.12. The van der Waals surface area contributed by atoms with Crippen LogP contribution >= 0.6 is 0 Å². The summed E-state index contributed by atoms with van der Waals surface area (Å²) in [4.78, 5) is 18.4. The number of halogens is 3. The molecule has 1 amide bonds. The van der Waals surface area contributed by atoms with Crippen LogP contribution in [0.2, 0.25) is 0 Å². The third-order valence-electron chi connectivity index (χ3n) is 5.13. The molecule has 0 bridgehead atoms. The van der Waals surface area contributed by atoms with Crippen LogP contribution < -0.4 is 0 Å². The number of piperidine rings is 1. The van der Waals surface area contributed by atoms with E-state index in [9.17, 15) is 18.0 Å². The molecule has 0 unspecified atom stereocenters. The van der Waals surface area contributed by atoms with E-state index in [0.717, 1.165) is 18.6 Å². The number of aromatic nitrogens is 1. The largest absolute Gasteiger partial charge is 0.417 e. The summed E-state index contributed by atoms with van der Waals surface area (Å²) in [5.74, 6) is 0.0974. The molecular formula is C21H26F3N2O2. The standard InChI is InChI=1S/C21H26F3N2O2/c1-5-13-11-26(12-17(28-20(2,3)4)18(13)14-6-7-14)19(27)16-9-8-15(10-25-16)21(22,23)24/h6-10,13,17-18H,5,11-12H2,1-4H3/t13-,17-,18-/m0/s1. The summed E-state index contributed by atoms with van der Waals surface area (Å²) in [5.41, 5.74) is 0.0585. The van der Waals surface area contributed by atoms with Gasteiger partial charge in [0.25, 0.3) is 5.91 Å². The number of carbonyl (C=O) groups excluding carboxylic acids is 1. The zero-order chi connectivity index (χ0) is 20.7. The van der Waals surface area contributed by atoms with Gasteiger partial charge in [-0.3, -0.25) is 9.78 Å². The van der Waals surface area contributed by atoms with E-state index in [-0.39, 0.29) is 35.1 Å². The number of nitrogens with zero attached hydrogens (tertiary/aromatic N) is 2. The van der Waals surface area contributed by atoms with E-state index in [1.807, 2.05) is 20.8 Å². The van der Waals surface area contributed by atoms with Crippen LogP contribution in [0.3, 0.4) is 0 Å². The third-order valence-corrected chi connectivity index (χ3v) is 5.13. The number of hydrogen-bond donors (Lipinski definition) is 0. The Kier molecular flexibility index (Phi) is 5.58. The first-order valence-corrected chi connectivity index (χ1v) is 9.55. The molecule has 28 heavy (non-hydrogen) atoms. The lowest BCUT2D eigenvalue weighted by atomic mass is 9.79. The molecule has 2 aliphatic rings. The molecule has 3 atom stereocenters. The molecule has 1 aliphatic heterocycles. The van der Waals surface area contributed by atoms with Crippen LogP contribution in [0.25, 0.3) is 0 Å². The molecule has 2 heterocycles. The first kappa shape index (κ1) is 20.8. The van der Waals surface area contributed by atoms with Gasteiger partial charge in [-0.1, -0.05) is 25.0 Å². The molecule has 153 valence electrons. The smallest absolute Gasteiger partial charge is 0.370 e. The minimum Gasteiger partial charge on any atom is -0.370 e. The second-order valence-electron chi connectivity index (χ2n) is 8.44. The third kappa shape index (κ3) is 4.74. The van der Waals surface area contributed by atoms with Crippen LogP contribution in [-0.2, 0) is 10.9 Å². The van der Waals surface area contributed by atoms with Gasteiger partial charge in [0.15, 0.2) is 0 Å². The molecule has 0 saturated carbocycles. The van der Waals surface area contributed by atoms with E-state index < -0.39 is 11.7 Å². The fourth-order valence-electron chi connectivity index (χ4n) is 3.83. The molecule has 4 nitrogen and oxygen atoms in total. The highest BCUT2D eigenvalue weighted by molar-refractivity contribution is 5.92. The van der Waals surface area contributed by atoms with Gasteiger partial charge in [0.1, 0.15) is 5.69 Å². The molecule has 7 heteroatoms. The van der Waals surface area contributed by atoms with Crippen LogP contribution in [0.15, 0.2) is 30.0 Å². The Morgan fingerprint density at radius 3 is 2.39 bits per heavy atom. The second kappa shape index (κ2) is 7.50. The van der Waals surface area contributed by atoms with Crippen molar-refractivity contribution in [2.24, 2.45) is 11.8 Å². The Balaban J connectivity index is 1.81. The molecule has 0 spiro atoms. The van der Waals surface area contributed by atoms with Crippen LogP contribution in [0.4, 0.5) is 13.2 Å². The number of pyridine rings is 1. The van der Waals surface area contributed by atoms with Crippen molar-refractivity contribution in [3.05, 3.63) is 47.7 Å². The van der Waals surface area contributed by atoms with Crippen molar-refractivity contribution in [2.45, 2.75) is 52.0 Å². The average Bonchev–Trinajstić information content (AvgIpc) is 3.43. The zero-order valence-corrected chi connectivity index (χ0v) is 16.6. The number of ether oxygens (including phenoxy) is 1. The molecule has 0 N–H and O–H groups in total. The van der Waals surface area contributed by atoms with E-state index >= 15 is 0 Å². The monoisotopic (exact) mass is 395 g/mol. The quantitative estimate of drug-likeness (QED) is 0.752. The Hall–Kier alpha value is -1.89. The molecule has 3 rings (SSSR count). The zero-order valence-electron chi connectivity index (χ0n) is 16.6. The maximum atomic E-state index is 12.9. The number of carbonyl (C=O) groups is 1. The highest BCUT2D eigenvalue weighted by atomic mass is 19.4. The lowest BCUT2D eigenvalue weighted by molar-refractivity contribution is -0.137. The summed E-state index contributed by atoms with van der Waals surface area (Å²) in [6, 6.07) is 2.05. The lowest BCUT2D eigenvalue weighted by Crippen LogP contribution is -2.54. The fraction of sp³-hybridized carbons (Fsp3) is 0.571. The van der Waals surface area contributed by atoms with Gasteiger partial charge in [0.05, 0.1) is 17.3 Å². The molecule has 1 aliphatic carbocycles. The first-order valence-electron chi connectivity index (χ1n) is 9.55. The lowest BCUT2D eigenvalue weighted by Gasteiger charge is -2.45. The van der Waals surface area contributed by atoms with Gasteiger partial charge in [0.2, 0.25) is 0 Å². The van der Waals surface area contributed by atoms with Crippen molar-refractivity contribution in [3.8, 4) is 0 Å². The maximum Gasteiger partial charge on any atom is 0.417 e. The number of amides is 1. The van der Waals surface area contributed by atoms with Crippen molar-refractivity contribution >= 4 is 5.91 Å². The fourth-order valence-corrected chi connectivity index (χ4v) is 3.83. The van der Waals surface area contributed by atoms with Crippen molar-refractivity contribution in [3.63, 3.8) is 0 Å². The summed E-state index contributed by atoms with van der Waals surface area (Å²) in [7, 11) is 0. The topological polar surface area (TPSA) is 42.4 Å². The van der Waals surface area contributed by atoms with E-state index in [4.69, 9.17) is 4.74 Å². The van der Waals surface area contributed by atoms with Gasteiger partial charge in [-0.15, -0.1) is 0 Å². The first-order chi connectivity index (χ1) is 13.0. The van der Waals surface area contributed by atoms with Gasteiger partial charge in [-0.25, -0.2) is 0 Å². The SMILES string of the molecule is CC[C@H]1CN(C(=O)c2ccc(C(F)(F)F)cn2)C[C@H](OC(C)(C)C)[C@@H]1C1=C[CH]1. The van der Waals surface area contributed by atoms with Crippen LogP contribution in [0, 0.1) is 18.3 Å². The van der Waals surface area contributed by atoms with Crippen molar-refractivity contribution in [1.82, 2.24) is 9.88 Å². The number of likely N-dealkylation sites (tertiary alicyclic amines) is 1. The van der Waals surface area contributed by atoms with Gasteiger partial charge in [0, 0.05) is 31.6 Å². The highest BCUT2D eigenvalue weighted by Gasteiger charge is 2.43. The summed E-state index contributed by atoms with van der Waals surface area (Å²) in [6.45, 7) is 8.96. The predicted octanol–water partition coefficient (Wildman–Crippen LogP) is 4.53. The number of rotatable bonds is 4. The van der Waals surface area contributed by atoms with Crippen LogP contribution in [0.1, 0.15) is 50.2 Å². The van der Waals surface area contributed by atoms with Crippen molar-refractivity contribution in [2.75, 3.05) is 13.1 Å². The molecule has 1 aromatic heterocycles. The minimum atomic E-state index is -4.47. The minimum absolute atomic E-state index is 0.0213. The summed E-state index contributed by atoms with van der Waals surface area (Å²) < 4.78 is 44.5. The molecule has 1 fully saturated rings. The number of allylic oxidation sites excluding steroid dienone is 1. The summed E-state index contributed by atoms with van der Waals surface area (Å²) in [5, 5.41) is 0. The molecule has 1 radical (unpaired) electrons. The van der Waals surface area contributed by atoms with Crippen LogP contribution in [-0.4, -0.2) is 40.6 Å². The molecule has 0 aromatic carbocycles. The molecule has 1 saturated heterocycles. The van der Waals surface area contributed by atoms with Crippen molar-refractivity contribution < 1.29 is 22.7 Å².